The number of nitrogens with two attached hydrogens (primary N) is 1. The first-order valence-corrected chi connectivity index (χ1v) is 11.0. The molecule has 1 heterocycles. The van der Waals surface area contributed by atoms with Crippen molar-refractivity contribution in [3.8, 4) is 0 Å². The maximum Gasteiger partial charge on any atom is 0.270 e. The van der Waals surface area contributed by atoms with Gasteiger partial charge in [-0.3, -0.25) is 4.79 Å². The molecule has 1 saturated carbocycles. The lowest BCUT2D eigenvalue weighted by Gasteiger charge is -2.25. The van der Waals surface area contributed by atoms with Gasteiger partial charge < -0.3 is 16.0 Å². The summed E-state index contributed by atoms with van der Waals surface area (Å²) in [6, 6.07) is 13.5. The second-order valence-electron chi connectivity index (χ2n) is 8.62. The Balaban J connectivity index is 1.50. The molecule has 9 heteroatoms. The Bertz CT molecular complexity index is 1160. The summed E-state index contributed by atoms with van der Waals surface area (Å²) < 4.78 is 42.9. The summed E-state index contributed by atoms with van der Waals surface area (Å²) in [6.07, 6.45) is 3.22. The van der Waals surface area contributed by atoms with Crippen LogP contribution in [-0.2, 0) is 30.2 Å². The zero-order valence-electron chi connectivity index (χ0n) is 18.8. The first kappa shape index (κ1) is 23.5. The SMILES string of the molecule is CC(F)(F)c1cccc(CN(c2ncnc(NCc3ccc(CC(N)=O)cc3)c2F)C2CC2)c1. The van der Waals surface area contributed by atoms with Gasteiger partial charge in [0.2, 0.25) is 11.7 Å². The average Bonchev–Trinajstić information content (AvgIpc) is 3.63. The van der Waals surface area contributed by atoms with Gasteiger partial charge >= 0.3 is 0 Å². The van der Waals surface area contributed by atoms with Crippen molar-refractivity contribution >= 4 is 17.5 Å². The maximum absolute atomic E-state index is 15.4. The first-order chi connectivity index (χ1) is 16.2. The Morgan fingerprint density at radius 3 is 2.47 bits per heavy atom. The molecule has 1 amide bonds. The zero-order chi connectivity index (χ0) is 24.3. The number of nitrogens with zero attached hydrogens (tertiary/aromatic N) is 3. The van der Waals surface area contributed by atoms with Crippen LogP contribution in [0.25, 0.3) is 0 Å². The lowest BCUT2D eigenvalue weighted by atomic mass is 10.1. The normalized spacial score (nSPS) is 13.5. The highest BCUT2D eigenvalue weighted by Gasteiger charge is 2.33. The van der Waals surface area contributed by atoms with Gasteiger partial charge in [0.1, 0.15) is 6.33 Å². The highest BCUT2D eigenvalue weighted by molar-refractivity contribution is 5.76. The molecule has 0 atom stereocenters. The van der Waals surface area contributed by atoms with Crippen molar-refractivity contribution in [1.82, 2.24) is 9.97 Å². The third-order valence-electron chi connectivity index (χ3n) is 5.68. The molecular weight excluding hydrogens is 443 g/mol. The molecule has 34 heavy (non-hydrogen) atoms. The molecule has 0 unspecified atom stereocenters. The molecule has 1 aromatic heterocycles. The molecule has 3 N–H and O–H groups in total. The van der Waals surface area contributed by atoms with Crippen LogP contribution >= 0.6 is 0 Å². The smallest absolute Gasteiger partial charge is 0.270 e. The van der Waals surface area contributed by atoms with Crippen LogP contribution in [0.5, 0.6) is 0 Å². The van der Waals surface area contributed by atoms with Crippen LogP contribution in [0.15, 0.2) is 54.9 Å². The number of primary amides is 1. The molecule has 0 saturated heterocycles. The Morgan fingerprint density at radius 2 is 1.82 bits per heavy atom. The summed E-state index contributed by atoms with van der Waals surface area (Å²) in [5.41, 5.74) is 7.48. The van der Waals surface area contributed by atoms with Crippen molar-refractivity contribution in [3.05, 3.63) is 82.9 Å². The second-order valence-corrected chi connectivity index (χ2v) is 8.62. The van der Waals surface area contributed by atoms with E-state index in [-0.39, 0.29) is 36.2 Å². The number of alkyl halides is 2. The summed E-state index contributed by atoms with van der Waals surface area (Å²) >= 11 is 0. The molecule has 4 rings (SSSR count). The molecule has 0 spiro atoms. The standard InChI is InChI=1S/C25H26F3N5O/c1-25(27,28)19-4-2-3-18(11-19)14-33(20-9-10-20)24-22(26)23(31-15-32-24)30-13-17-7-5-16(6-8-17)12-21(29)34/h2-8,11,15,20H,9-10,12-14H2,1H3,(H2,29,34)(H,30,31,32). The number of nitrogens with one attached hydrogen (secondary N) is 1. The van der Waals surface area contributed by atoms with Crippen LogP contribution in [0.4, 0.5) is 24.8 Å². The molecule has 1 fully saturated rings. The molecule has 0 radical (unpaired) electrons. The fourth-order valence-electron chi connectivity index (χ4n) is 3.75. The van der Waals surface area contributed by atoms with Gasteiger partial charge in [-0.15, -0.1) is 0 Å². The van der Waals surface area contributed by atoms with Gasteiger partial charge in [0.15, 0.2) is 11.6 Å². The minimum absolute atomic E-state index is 0.0608. The van der Waals surface area contributed by atoms with E-state index >= 15 is 4.39 Å². The summed E-state index contributed by atoms with van der Waals surface area (Å²) in [5, 5.41) is 2.99. The van der Waals surface area contributed by atoms with Crippen molar-refractivity contribution in [3.63, 3.8) is 0 Å². The first-order valence-electron chi connectivity index (χ1n) is 11.0. The molecule has 178 valence electrons. The lowest BCUT2D eigenvalue weighted by Crippen LogP contribution is -2.28. The number of anilines is 2. The topological polar surface area (TPSA) is 84.1 Å². The number of hydrogen-bond acceptors (Lipinski definition) is 5. The van der Waals surface area contributed by atoms with Crippen molar-refractivity contribution in [1.29, 1.82) is 0 Å². The molecular formula is C25H26F3N5O. The predicted octanol–water partition coefficient (Wildman–Crippen LogP) is 4.54. The van der Waals surface area contributed by atoms with E-state index < -0.39 is 17.6 Å². The van der Waals surface area contributed by atoms with Crippen LogP contribution in [0.1, 0.15) is 42.0 Å². The number of carbonyl (C=O) groups excluding carboxylic acids is 1. The number of hydrogen-bond donors (Lipinski definition) is 2. The second kappa shape index (κ2) is 9.70. The Hall–Kier alpha value is -3.62. The average molecular weight is 470 g/mol. The van der Waals surface area contributed by atoms with Crippen molar-refractivity contribution in [2.45, 2.75) is 51.2 Å². The van der Waals surface area contributed by atoms with E-state index in [0.29, 0.717) is 12.1 Å². The van der Waals surface area contributed by atoms with Gasteiger partial charge in [-0.05, 0) is 35.6 Å². The van der Waals surface area contributed by atoms with Crippen LogP contribution in [-0.4, -0.2) is 21.9 Å². The zero-order valence-corrected chi connectivity index (χ0v) is 18.8. The van der Waals surface area contributed by atoms with E-state index in [2.05, 4.69) is 15.3 Å². The predicted molar refractivity (Wildman–Crippen MR) is 124 cm³/mol. The summed E-state index contributed by atoms with van der Waals surface area (Å²) in [4.78, 5) is 21.1. The van der Waals surface area contributed by atoms with E-state index in [1.54, 1.807) is 24.3 Å². The Kier molecular flexibility index (Phi) is 6.72. The van der Waals surface area contributed by atoms with Crippen LogP contribution < -0.4 is 16.0 Å². The summed E-state index contributed by atoms with van der Waals surface area (Å²) in [5.74, 6) is -3.74. The Morgan fingerprint density at radius 1 is 1.12 bits per heavy atom. The fourth-order valence-corrected chi connectivity index (χ4v) is 3.75. The van der Waals surface area contributed by atoms with Gasteiger partial charge in [-0.1, -0.05) is 42.5 Å². The largest absolute Gasteiger partial charge is 0.369 e. The van der Waals surface area contributed by atoms with Crippen molar-refractivity contribution in [2.75, 3.05) is 10.2 Å². The van der Waals surface area contributed by atoms with Gasteiger partial charge in [-0.25, -0.2) is 18.7 Å². The monoisotopic (exact) mass is 469 g/mol. The van der Waals surface area contributed by atoms with Gasteiger partial charge in [0.25, 0.3) is 5.92 Å². The number of rotatable bonds is 10. The van der Waals surface area contributed by atoms with Gasteiger partial charge in [-0.2, -0.15) is 4.39 Å². The molecule has 0 bridgehead atoms. The molecule has 2 aromatic carbocycles. The third-order valence-corrected chi connectivity index (χ3v) is 5.68. The number of halogens is 3. The molecule has 3 aromatic rings. The third kappa shape index (κ3) is 5.84. The fraction of sp³-hybridized carbons (Fsp3) is 0.320. The van der Waals surface area contributed by atoms with Crippen LogP contribution in [0, 0.1) is 5.82 Å². The highest BCUT2D eigenvalue weighted by atomic mass is 19.3. The van der Waals surface area contributed by atoms with Crippen LogP contribution in [0.2, 0.25) is 0 Å². The van der Waals surface area contributed by atoms with Crippen LogP contribution in [0.3, 0.4) is 0 Å². The molecule has 0 aliphatic heterocycles. The summed E-state index contributed by atoms with van der Waals surface area (Å²) in [7, 11) is 0. The van der Waals surface area contributed by atoms with Crippen molar-refractivity contribution < 1.29 is 18.0 Å². The number of carbonyl (C=O) groups is 1. The number of benzene rings is 2. The minimum Gasteiger partial charge on any atom is -0.369 e. The molecule has 6 nitrogen and oxygen atoms in total. The lowest BCUT2D eigenvalue weighted by molar-refractivity contribution is -0.117. The number of aromatic nitrogens is 2. The minimum atomic E-state index is -2.95. The maximum atomic E-state index is 15.4. The van der Waals surface area contributed by atoms with Gasteiger partial charge in [0, 0.05) is 31.6 Å². The van der Waals surface area contributed by atoms with E-state index in [1.807, 2.05) is 17.0 Å². The summed E-state index contributed by atoms with van der Waals surface area (Å²) in [6.45, 7) is 1.45. The molecule has 1 aliphatic rings. The van der Waals surface area contributed by atoms with Crippen molar-refractivity contribution in [2.24, 2.45) is 5.73 Å². The van der Waals surface area contributed by atoms with E-state index in [0.717, 1.165) is 30.9 Å². The van der Waals surface area contributed by atoms with E-state index in [9.17, 15) is 13.6 Å². The number of amides is 1. The molecule has 1 aliphatic carbocycles. The van der Waals surface area contributed by atoms with Gasteiger partial charge in [0.05, 0.1) is 6.42 Å². The highest BCUT2D eigenvalue weighted by Crippen LogP contribution is 2.35. The Labute approximate surface area is 196 Å². The van der Waals surface area contributed by atoms with E-state index in [4.69, 9.17) is 5.73 Å². The van der Waals surface area contributed by atoms with E-state index in [1.165, 1.54) is 18.5 Å². The quantitative estimate of drug-likeness (QED) is 0.456.